The van der Waals surface area contributed by atoms with Crippen LogP contribution < -0.4 is 0 Å². The molecular formula is C28H33N3O4. The highest BCUT2D eigenvalue weighted by molar-refractivity contribution is 5.99. The second-order valence-corrected chi connectivity index (χ2v) is 9.38. The van der Waals surface area contributed by atoms with Crippen LogP contribution in [0.3, 0.4) is 0 Å². The maximum absolute atomic E-state index is 14.1. The maximum atomic E-state index is 14.1. The molecule has 1 aliphatic rings. The number of nitrogens with zero attached hydrogens (tertiary/aromatic N) is 3. The first-order valence-corrected chi connectivity index (χ1v) is 11.9. The van der Waals surface area contributed by atoms with Gasteiger partial charge in [-0.15, -0.1) is 0 Å². The van der Waals surface area contributed by atoms with Crippen molar-refractivity contribution in [3.05, 3.63) is 78.0 Å². The molecule has 0 saturated carbocycles. The van der Waals surface area contributed by atoms with Crippen LogP contribution in [0.15, 0.2) is 66.9 Å². The van der Waals surface area contributed by atoms with Crippen LogP contribution in [0, 0.1) is 11.8 Å². The number of hydrazine groups is 1. The largest absolute Gasteiger partial charge is 0.304 e. The molecule has 2 aromatic rings. The minimum absolute atomic E-state index is 0.185. The maximum Gasteiger partial charge on any atom is 0.269 e. The number of aldehydes is 1. The Morgan fingerprint density at radius 3 is 2.03 bits per heavy atom. The zero-order valence-electron chi connectivity index (χ0n) is 20.9. The van der Waals surface area contributed by atoms with E-state index in [4.69, 9.17) is 0 Å². The van der Waals surface area contributed by atoms with Crippen LogP contribution in [0.25, 0.3) is 5.70 Å². The predicted octanol–water partition coefficient (Wildman–Crippen LogP) is 3.91. The molecule has 0 unspecified atom stereocenters. The average molecular weight is 476 g/mol. The number of amides is 3. The molecule has 0 spiro atoms. The number of hydrogen-bond donors (Lipinski definition) is 0. The Morgan fingerprint density at radius 2 is 1.54 bits per heavy atom. The predicted molar refractivity (Wildman–Crippen MR) is 134 cm³/mol. The molecule has 35 heavy (non-hydrogen) atoms. The third kappa shape index (κ3) is 5.50. The van der Waals surface area contributed by atoms with Crippen molar-refractivity contribution in [3.63, 3.8) is 0 Å². The van der Waals surface area contributed by atoms with Gasteiger partial charge in [0.25, 0.3) is 5.91 Å². The third-order valence-corrected chi connectivity index (χ3v) is 6.00. The number of benzene rings is 2. The van der Waals surface area contributed by atoms with Crippen LogP contribution >= 0.6 is 0 Å². The third-order valence-electron chi connectivity index (χ3n) is 6.00. The Labute approximate surface area is 207 Å². The molecule has 0 fully saturated rings. The van der Waals surface area contributed by atoms with E-state index >= 15 is 0 Å². The smallest absolute Gasteiger partial charge is 0.269 e. The van der Waals surface area contributed by atoms with Crippen molar-refractivity contribution < 1.29 is 19.2 Å². The number of hydrogen-bond acceptors (Lipinski definition) is 4. The minimum Gasteiger partial charge on any atom is -0.304 e. The summed E-state index contributed by atoms with van der Waals surface area (Å²) in [5, 5.41) is 2.53. The standard InChI is InChI=1S/C28H33N3O4/c1-19(2)26-28(35)31(30(21(5)33)24(18-32)16-22-12-8-6-9-13-22)25(23-14-10-7-11-15-23)17-29(26)27(34)20(3)4/h6-15,17-20,24,26H,16H2,1-5H3/t24-,26+/m0/s1. The molecule has 0 saturated heterocycles. The van der Waals surface area contributed by atoms with Gasteiger partial charge in [-0.1, -0.05) is 88.4 Å². The van der Waals surface area contributed by atoms with Crippen LogP contribution in [0.5, 0.6) is 0 Å². The molecule has 3 rings (SSSR count). The molecule has 0 bridgehead atoms. The summed E-state index contributed by atoms with van der Waals surface area (Å²) in [5.74, 6) is -1.60. The van der Waals surface area contributed by atoms with Gasteiger partial charge in [-0.3, -0.25) is 14.4 Å². The van der Waals surface area contributed by atoms with Crippen molar-refractivity contribution in [1.82, 2.24) is 14.9 Å². The Kier molecular flexibility index (Phi) is 8.22. The van der Waals surface area contributed by atoms with E-state index in [2.05, 4.69) is 0 Å². The molecule has 0 aromatic heterocycles. The van der Waals surface area contributed by atoms with Gasteiger partial charge in [0.2, 0.25) is 11.8 Å². The fourth-order valence-corrected chi connectivity index (χ4v) is 4.33. The van der Waals surface area contributed by atoms with Gasteiger partial charge in [0.05, 0.1) is 5.70 Å². The molecule has 0 radical (unpaired) electrons. The van der Waals surface area contributed by atoms with E-state index in [0.29, 0.717) is 17.5 Å². The monoisotopic (exact) mass is 475 g/mol. The highest BCUT2D eigenvalue weighted by atomic mass is 16.2. The van der Waals surface area contributed by atoms with Crippen LogP contribution in [0.2, 0.25) is 0 Å². The van der Waals surface area contributed by atoms with Crippen LogP contribution in [0.1, 0.15) is 45.7 Å². The Hall–Kier alpha value is -3.74. The lowest BCUT2D eigenvalue weighted by Gasteiger charge is -2.46. The van der Waals surface area contributed by atoms with Gasteiger partial charge in [0.15, 0.2) is 0 Å². The number of carbonyl (C=O) groups excluding carboxylic acids is 4. The topological polar surface area (TPSA) is 78.0 Å². The van der Waals surface area contributed by atoms with Crippen molar-refractivity contribution in [3.8, 4) is 0 Å². The summed E-state index contributed by atoms with van der Waals surface area (Å²) in [5.41, 5.74) is 1.89. The second kappa shape index (κ2) is 11.1. The quantitative estimate of drug-likeness (QED) is 0.543. The summed E-state index contributed by atoms with van der Waals surface area (Å²) >= 11 is 0. The second-order valence-electron chi connectivity index (χ2n) is 9.38. The molecule has 2 atom stereocenters. The summed E-state index contributed by atoms with van der Waals surface area (Å²) in [7, 11) is 0. The van der Waals surface area contributed by atoms with Gasteiger partial charge < -0.3 is 9.69 Å². The van der Waals surface area contributed by atoms with E-state index in [1.165, 1.54) is 21.8 Å². The highest BCUT2D eigenvalue weighted by Crippen LogP contribution is 2.33. The lowest BCUT2D eigenvalue weighted by molar-refractivity contribution is -0.167. The minimum atomic E-state index is -0.911. The van der Waals surface area contributed by atoms with Gasteiger partial charge in [-0.25, -0.2) is 10.0 Å². The highest BCUT2D eigenvalue weighted by Gasteiger charge is 2.45. The van der Waals surface area contributed by atoms with E-state index in [1.54, 1.807) is 20.0 Å². The molecule has 1 heterocycles. The molecule has 0 N–H and O–H groups in total. The van der Waals surface area contributed by atoms with E-state index in [1.807, 2.05) is 74.5 Å². The lowest BCUT2D eigenvalue weighted by Crippen LogP contribution is -2.63. The molecule has 0 aliphatic carbocycles. The van der Waals surface area contributed by atoms with E-state index < -0.39 is 23.9 Å². The molecule has 3 amide bonds. The van der Waals surface area contributed by atoms with Gasteiger partial charge in [0, 0.05) is 31.0 Å². The first-order chi connectivity index (χ1) is 16.7. The summed E-state index contributed by atoms with van der Waals surface area (Å²) in [6.45, 7) is 8.64. The van der Waals surface area contributed by atoms with Gasteiger partial charge in [-0.05, 0) is 11.5 Å². The summed E-state index contributed by atoms with van der Waals surface area (Å²) < 4.78 is 0. The van der Waals surface area contributed by atoms with Crippen molar-refractivity contribution in [2.24, 2.45) is 11.8 Å². The molecular weight excluding hydrogens is 442 g/mol. The van der Waals surface area contributed by atoms with Crippen molar-refractivity contribution in [1.29, 1.82) is 0 Å². The summed E-state index contributed by atoms with van der Waals surface area (Å²) in [6.07, 6.45) is 2.58. The van der Waals surface area contributed by atoms with Gasteiger partial charge in [0.1, 0.15) is 18.4 Å². The van der Waals surface area contributed by atoms with Gasteiger partial charge in [-0.2, -0.15) is 0 Å². The average Bonchev–Trinajstić information content (AvgIpc) is 2.84. The first kappa shape index (κ1) is 25.9. The van der Waals surface area contributed by atoms with Crippen molar-refractivity contribution in [2.75, 3.05) is 0 Å². The number of rotatable bonds is 8. The number of carbonyl (C=O) groups is 4. The SMILES string of the molecule is CC(=O)N([C@H](C=O)Cc1ccccc1)N1C(=O)[C@@H](C(C)C)N(C(=O)C(C)C)C=C1c1ccccc1. The summed E-state index contributed by atoms with van der Waals surface area (Å²) in [4.78, 5) is 54.1. The molecule has 184 valence electrons. The molecule has 7 nitrogen and oxygen atoms in total. The summed E-state index contributed by atoms with van der Waals surface area (Å²) in [6, 6.07) is 16.7. The fraction of sp³-hybridized carbons (Fsp3) is 0.357. The zero-order valence-corrected chi connectivity index (χ0v) is 20.9. The van der Waals surface area contributed by atoms with Crippen LogP contribution in [0.4, 0.5) is 0 Å². The molecule has 1 aliphatic heterocycles. The van der Waals surface area contributed by atoms with Crippen LogP contribution in [-0.2, 0) is 25.6 Å². The Balaban J connectivity index is 2.20. The first-order valence-electron chi connectivity index (χ1n) is 11.9. The van der Waals surface area contributed by atoms with E-state index in [0.717, 1.165) is 5.56 Å². The normalized spacial score (nSPS) is 16.8. The zero-order chi connectivity index (χ0) is 25.7. The van der Waals surface area contributed by atoms with Gasteiger partial charge >= 0.3 is 0 Å². The van der Waals surface area contributed by atoms with E-state index in [9.17, 15) is 19.2 Å². The van der Waals surface area contributed by atoms with Crippen molar-refractivity contribution >= 4 is 29.7 Å². The Bertz CT molecular complexity index is 1100. The molecule has 2 aromatic carbocycles. The fourth-order valence-electron chi connectivity index (χ4n) is 4.33. The van der Waals surface area contributed by atoms with Crippen molar-refractivity contribution in [2.45, 2.75) is 53.1 Å². The van der Waals surface area contributed by atoms with E-state index in [-0.39, 0.29) is 24.2 Å². The Morgan fingerprint density at radius 1 is 0.971 bits per heavy atom. The molecule has 7 heteroatoms. The van der Waals surface area contributed by atoms with Crippen LogP contribution in [-0.4, -0.2) is 51.0 Å². The lowest BCUT2D eigenvalue weighted by atomic mass is 9.96.